The monoisotopic (exact) mass is 426 g/mol. The Bertz CT molecular complexity index is 1200. The number of anilines is 1. The van der Waals surface area contributed by atoms with Crippen LogP contribution in [-0.2, 0) is 11.4 Å². The van der Waals surface area contributed by atoms with Gasteiger partial charge in [-0.15, -0.1) is 0 Å². The number of aryl methyl sites for hydroxylation is 2. The summed E-state index contributed by atoms with van der Waals surface area (Å²) in [7, 11) is 0. The van der Waals surface area contributed by atoms with Crippen molar-refractivity contribution in [2.24, 2.45) is 0 Å². The van der Waals surface area contributed by atoms with Crippen LogP contribution in [0.5, 0.6) is 5.75 Å². The van der Waals surface area contributed by atoms with Gasteiger partial charge in [0, 0.05) is 5.69 Å². The van der Waals surface area contributed by atoms with Crippen LogP contribution in [0.1, 0.15) is 32.6 Å². The van der Waals surface area contributed by atoms with E-state index in [1.165, 1.54) is 18.2 Å². The van der Waals surface area contributed by atoms with Gasteiger partial charge >= 0.3 is 5.97 Å². The van der Waals surface area contributed by atoms with Gasteiger partial charge in [0.15, 0.2) is 0 Å². The summed E-state index contributed by atoms with van der Waals surface area (Å²) in [5, 5.41) is 21.1. The Morgan fingerprint density at radius 1 is 1.00 bits per heavy atom. The third-order valence-corrected chi connectivity index (χ3v) is 4.93. The molecule has 0 fully saturated rings. The Hall–Kier alpha value is -4.37. The number of amides is 1. The predicted molar refractivity (Wildman–Crippen MR) is 122 cm³/mol. The van der Waals surface area contributed by atoms with Gasteiger partial charge in [-0.05, 0) is 78.6 Å². The molecule has 3 rings (SSSR count). The number of benzene rings is 3. The van der Waals surface area contributed by atoms with Crippen LogP contribution in [0.4, 0.5) is 5.69 Å². The molecule has 0 atom stereocenters. The molecule has 3 aromatic rings. The summed E-state index contributed by atoms with van der Waals surface area (Å²) >= 11 is 0. The van der Waals surface area contributed by atoms with Gasteiger partial charge in [0.05, 0.1) is 5.56 Å². The minimum atomic E-state index is -0.972. The molecule has 0 aromatic heterocycles. The number of carbonyl (C=O) groups is 2. The molecule has 0 heterocycles. The number of carbonyl (C=O) groups excluding carboxylic acids is 1. The molecule has 0 aliphatic rings. The number of nitrogens with one attached hydrogen (secondary N) is 1. The van der Waals surface area contributed by atoms with Crippen LogP contribution in [0.3, 0.4) is 0 Å². The molecule has 2 N–H and O–H groups in total. The van der Waals surface area contributed by atoms with Crippen LogP contribution in [0.25, 0.3) is 6.08 Å². The molecule has 0 bridgehead atoms. The number of ether oxygens (including phenoxy) is 1. The van der Waals surface area contributed by atoms with E-state index < -0.39 is 11.9 Å². The standard InChI is InChI=1S/C26H22N2O4/c1-17-3-10-23(13-18(17)2)28-25(29)22(15-27)14-19-6-11-24(12-7-19)32-16-20-4-8-21(9-5-20)26(30)31/h3-14H,16H2,1-2H3,(H,28,29)(H,30,31)/b22-14+. The fourth-order valence-corrected chi connectivity index (χ4v) is 2.90. The van der Waals surface area contributed by atoms with Crippen LogP contribution in [0.15, 0.2) is 72.3 Å². The molecular formula is C26H22N2O4. The van der Waals surface area contributed by atoms with E-state index in [-0.39, 0.29) is 17.7 Å². The van der Waals surface area contributed by atoms with E-state index in [1.54, 1.807) is 42.5 Å². The maximum absolute atomic E-state index is 12.5. The van der Waals surface area contributed by atoms with Crippen molar-refractivity contribution in [3.63, 3.8) is 0 Å². The van der Waals surface area contributed by atoms with Crippen LogP contribution in [-0.4, -0.2) is 17.0 Å². The van der Waals surface area contributed by atoms with E-state index in [9.17, 15) is 14.9 Å². The molecule has 3 aromatic carbocycles. The molecule has 0 saturated carbocycles. The second-order valence-corrected chi connectivity index (χ2v) is 7.28. The average molecular weight is 426 g/mol. The first-order chi connectivity index (χ1) is 15.4. The van der Waals surface area contributed by atoms with E-state index >= 15 is 0 Å². The molecule has 0 aliphatic carbocycles. The fourth-order valence-electron chi connectivity index (χ4n) is 2.90. The van der Waals surface area contributed by atoms with Gasteiger partial charge < -0.3 is 15.2 Å². The van der Waals surface area contributed by atoms with Gasteiger partial charge in [-0.25, -0.2) is 4.79 Å². The number of carboxylic acids is 1. The van der Waals surface area contributed by atoms with Crippen molar-refractivity contribution in [3.05, 3.63) is 100 Å². The first kappa shape index (κ1) is 22.3. The zero-order chi connectivity index (χ0) is 23.1. The van der Waals surface area contributed by atoms with Gasteiger partial charge in [0.2, 0.25) is 0 Å². The number of nitriles is 1. The highest BCUT2D eigenvalue weighted by Crippen LogP contribution is 2.18. The van der Waals surface area contributed by atoms with Crippen molar-refractivity contribution in [3.8, 4) is 11.8 Å². The van der Waals surface area contributed by atoms with Gasteiger partial charge in [-0.3, -0.25) is 4.79 Å². The second kappa shape index (κ2) is 10.1. The van der Waals surface area contributed by atoms with E-state index in [4.69, 9.17) is 9.84 Å². The number of aromatic carboxylic acids is 1. The van der Waals surface area contributed by atoms with Crippen molar-refractivity contribution in [2.45, 2.75) is 20.5 Å². The summed E-state index contributed by atoms with van der Waals surface area (Å²) in [6, 6.07) is 21.0. The minimum Gasteiger partial charge on any atom is -0.489 e. The summed E-state index contributed by atoms with van der Waals surface area (Å²) in [6.07, 6.45) is 1.52. The Morgan fingerprint density at radius 2 is 1.69 bits per heavy atom. The topological polar surface area (TPSA) is 99.4 Å². The zero-order valence-electron chi connectivity index (χ0n) is 17.8. The molecule has 0 aliphatic heterocycles. The lowest BCUT2D eigenvalue weighted by Gasteiger charge is -2.08. The van der Waals surface area contributed by atoms with E-state index in [1.807, 2.05) is 32.0 Å². The zero-order valence-corrected chi connectivity index (χ0v) is 17.8. The summed E-state index contributed by atoms with van der Waals surface area (Å²) < 4.78 is 5.71. The third kappa shape index (κ3) is 5.83. The van der Waals surface area contributed by atoms with Crippen molar-refractivity contribution < 1.29 is 19.4 Å². The average Bonchev–Trinajstić information content (AvgIpc) is 2.79. The molecule has 6 nitrogen and oxygen atoms in total. The van der Waals surface area contributed by atoms with Crippen molar-refractivity contribution in [1.29, 1.82) is 5.26 Å². The summed E-state index contributed by atoms with van der Waals surface area (Å²) in [5.41, 5.74) is 4.57. The van der Waals surface area contributed by atoms with Crippen LogP contribution < -0.4 is 10.1 Å². The molecule has 160 valence electrons. The Morgan fingerprint density at radius 3 is 2.28 bits per heavy atom. The molecule has 0 spiro atoms. The van der Waals surface area contributed by atoms with Crippen LogP contribution in [0.2, 0.25) is 0 Å². The number of hydrogen-bond donors (Lipinski definition) is 2. The highest BCUT2D eigenvalue weighted by Gasteiger charge is 2.10. The van der Waals surface area contributed by atoms with E-state index in [0.717, 1.165) is 16.7 Å². The molecule has 0 saturated heterocycles. The largest absolute Gasteiger partial charge is 0.489 e. The highest BCUT2D eigenvalue weighted by atomic mass is 16.5. The normalized spacial score (nSPS) is 10.8. The second-order valence-electron chi connectivity index (χ2n) is 7.28. The van der Waals surface area contributed by atoms with Gasteiger partial charge in [0.25, 0.3) is 5.91 Å². The van der Waals surface area contributed by atoms with Crippen molar-refractivity contribution in [2.75, 3.05) is 5.32 Å². The summed E-state index contributed by atoms with van der Waals surface area (Å²) in [6.45, 7) is 4.24. The van der Waals surface area contributed by atoms with Gasteiger partial charge in [-0.2, -0.15) is 5.26 Å². The quantitative estimate of drug-likeness (QED) is 0.403. The van der Waals surface area contributed by atoms with Crippen molar-refractivity contribution in [1.82, 2.24) is 0 Å². The van der Waals surface area contributed by atoms with Gasteiger partial charge in [0.1, 0.15) is 24.0 Å². The maximum atomic E-state index is 12.5. The maximum Gasteiger partial charge on any atom is 0.335 e. The van der Waals surface area contributed by atoms with Crippen LogP contribution >= 0.6 is 0 Å². The predicted octanol–water partition coefficient (Wildman–Crippen LogP) is 5.13. The molecular weight excluding hydrogens is 404 g/mol. The first-order valence-electron chi connectivity index (χ1n) is 9.91. The number of nitrogens with zero attached hydrogens (tertiary/aromatic N) is 1. The number of rotatable bonds is 7. The van der Waals surface area contributed by atoms with Crippen molar-refractivity contribution >= 4 is 23.6 Å². The Labute approximate surface area is 186 Å². The molecule has 1 amide bonds. The molecule has 0 radical (unpaired) electrons. The lowest BCUT2D eigenvalue weighted by Crippen LogP contribution is -2.13. The molecule has 6 heteroatoms. The van der Waals surface area contributed by atoms with E-state index in [2.05, 4.69) is 5.32 Å². The van der Waals surface area contributed by atoms with Gasteiger partial charge in [-0.1, -0.05) is 30.3 Å². The molecule has 32 heavy (non-hydrogen) atoms. The lowest BCUT2D eigenvalue weighted by atomic mass is 10.1. The molecule has 0 unspecified atom stereocenters. The number of carboxylic acid groups (broad SMARTS) is 1. The first-order valence-corrected chi connectivity index (χ1v) is 9.91. The summed E-state index contributed by atoms with van der Waals surface area (Å²) in [5.74, 6) is -0.830. The summed E-state index contributed by atoms with van der Waals surface area (Å²) in [4.78, 5) is 23.4. The van der Waals surface area contributed by atoms with E-state index in [0.29, 0.717) is 17.0 Å². The Kier molecular flexibility index (Phi) is 7.04. The smallest absolute Gasteiger partial charge is 0.335 e. The lowest BCUT2D eigenvalue weighted by molar-refractivity contribution is -0.112. The number of hydrogen-bond acceptors (Lipinski definition) is 4. The highest BCUT2D eigenvalue weighted by molar-refractivity contribution is 6.09. The Balaban J connectivity index is 1.63. The van der Waals surface area contributed by atoms with Crippen LogP contribution in [0, 0.1) is 25.2 Å². The fraction of sp³-hybridized carbons (Fsp3) is 0.115. The minimum absolute atomic E-state index is 0.00424. The SMILES string of the molecule is Cc1ccc(NC(=O)/C(C#N)=C/c2ccc(OCc3ccc(C(=O)O)cc3)cc2)cc1C. The third-order valence-electron chi connectivity index (χ3n) is 4.93.